The van der Waals surface area contributed by atoms with Crippen molar-refractivity contribution in [2.24, 2.45) is 4.99 Å². The van der Waals surface area contributed by atoms with Crippen LogP contribution in [0.2, 0.25) is 0 Å². The highest BCUT2D eigenvalue weighted by atomic mass is 127. The number of carbonyl (C=O) groups is 1. The normalized spacial score (nSPS) is 10.8. The predicted octanol–water partition coefficient (Wildman–Crippen LogP) is 3.42. The summed E-state index contributed by atoms with van der Waals surface area (Å²) in [5.41, 5.74) is 1.99. The molecule has 2 rings (SSSR count). The molecule has 0 aliphatic heterocycles. The van der Waals surface area contributed by atoms with Crippen LogP contribution in [0, 0.1) is 18.6 Å². The molecule has 0 aliphatic rings. The third kappa shape index (κ3) is 8.35. The quantitative estimate of drug-likeness (QED) is 0.218. The molecule has 0 aromatic heterocycles. The molecule has 5 nitrogen and oxygen atoms in total. The molecule has 3 N–H and O–H groups in total. The van der Waals surface area contributed by atoms with Crippen molar-refractivity contribution in [3.05, 3.63) is 70.8 Å². The van der Waals surface area contributed by atoms with E-state index < -0.39 is 11.7 Å². The maximum Gasteiger partial charge on any atom is 0.254 e. The Morgan fingerprint density at radius 3 is 2.45 bits per heavy atom. The van der Waals surface area contributed by atoms with E-state index in [1.165, 1.54) is 24.3 Å². The molecule has 2 aromatic carbocycles. The lowest BCUT2D eigenvalue weighted by molar-refractivity contribution is 0.0950. The average Bonchev–Trinajstić information content (AvgIpc) is 2.67. The topological polar surface area (TPSA) is 65.5 Å². The minimum atomic E-state index is -0.543. The lowest BCUT2D eigenvalue weighted by Gasteiger charge is -2.12. The second kappa shape index (κ2) is 13.1. The van der Waals surface area contributed by atoms with E-state index in [-0.39, 0.29) is 35.4 Å². The third-order valence-electron chi connectivity index (χ3n) is 4.12. The molecular formula is C21H27F2IN4O. The summed E-state index contributed by atoms with van der Waals surface area (Å²) < 4.78 is 26.7. The van der Waals surface area contributed by atoms with E-state index >= 15 is 0 Å². The Morgan fingerprint density at radius 1 is 1.03 bits per heavy atom. The minimum absolute atomic E-state index is 0. The third-order valence-corrected chi connectivity index (χ3v) is 4.12. The van der Waals surface area contributed by atoms with Crippen LogP contribution < -0.4 is 16.0 Å². The first kappa shape index (κ1) is 24.8. The van der Waals surface area contributed by atoms with Gasteiger partial charge in [0.15, 0.2) is 5.96 Å². The molecule has 0 atom stereocenters. The fourth-order valence-electron chi connectivity index (χ4n) is 2.67. The smallest absolute Gasteiger partial charge is 0.254 e. The Kier molecular flexibility index (Phi) is 11.2. The first-order valence-corrected chi connectivity index (χ1v) is 9.31. The van der Waals surface area contributed by atoms with E-state index in [9.17, 15) is 13.6 Å². The van der Waals surface area contributed by atoms with Gasteiger partial charge >= 0.3 is 0 Å². The molecule has 0 saturated heterocycles. The van der Waals surface area contributed by atoms with Crippen molar-refractivity contribution in [3.63, 3.8) is 0 Å². The molecule has 0 heterocycles. The van der Waals surface area contributed by atoms with Crippen molar-refractivity contribution in [2.45, 2.75) is 20.3 Å². The van der Waals surface area contributed by atoms with Crippen LogP contribution in [0.15, 0.2) is 47.5 Å². The van der Waals surface area contributed by atoms with Gasteiger partial charge in [-0.25, -0.2) is 8.78 Å². The van der Waals surface area contributed by atoms with Gasteiger partial charge in [0.25, 0.3) is 5.91 Å². The molecule has 0 aliphatic carbocycles. The van der Waals surface area contributed by atoms with Gasteiger partial charge in [0.2, 0.25) is 0 Å². The van der Waals surface area contributed by atoms with E-state index in [0.717, 1.165) is 11.1 Å². The van der Waals surface area contributed by atoms with Crippen LogP contribution in [-0.2, 0) is 6.42 Å². The van der Waals surface area contributed by atoms with E-state index in [1.54, 1.807) is 18.2 Å². The number of benzene rings is 2. The summed E-state index contributed by atoms with van der Waals surface area (Å²) in [4.78, 5) is 16.5. The second-order valence-corrected chi connectivity index (χ2v) is 6.24. The first-order chi connectivity index (χ1) is 13.5. The fourth-order valence-corrected chi connectivity index (χ4v) is 2.67. The van der Waals surface area contributed by atoms with Crippen LogP contribution in [0.3, 0.4) is 0 Å². The van der Waals surface area contributed by atoms with Crippen LogP contribution in [-0.4, -0.2) is 38.0 Å². The van der Waals surface area contributed by atoms with E-state index in [2.05, 4.69) is 20.9 Å². The molecule has 158 valence electrons. The molecule has 1 amide bonds. The number of amides is 1. The van der Waals surface area contributed by atoms with Crippen LogP contribution in [0.5, 0.6) is 0 Å². The molecule has 0 spiro atoms. The van der Waals surface area contributed by atoms with Gasteiger partial charge in [0.05, 0.1) is 5.56 Å². The lowest BCUT2D eigenvalue weighted by Crippen LogP contribution is -2.41. The number of rotatable bonds is 8. The summed E-state index contributed by atoms with van der Waals surface area (Å²) in [6, 6.07) is 10.6. The summed E-state index contributed by atoms with van der Waals surface area (Å²) in [6.07, 6.45) is 0.701. The van der Waals surface area contributed by atoms with E-state index in [4.69, 9.17) is 0 Å². The molecule has 8 heteroatoms. The van der Waals surface area contributed by atoms with Crippen molar-refractivity contribution in [3.8, 4) is 0 Å². The molecule has 29 heavy (non-hydrogen) atoms. The number of carbonyl (C=O) groups excluding carboxylic acids is 1. The number of hydrogen-bond donors (Lipinski definition) is 3. The van der Waals surface area contributed by atoms with Gasteiger partial charge in [-0.1, -0.05) is 18.2 Å². The van der Waals surface area contributed by atoms with Crippen LogP contribution in [0.4, 0.5) is 8.78 Å². The monoisotopic (exact) mass is 516 g/mol. The van der Waals surface area contributed by atoms with Crippen molar-refractivity contribution in [1.29, 1.82) is 0 Å². The van der Waals surface area contributed by atoms with Crippen molar-refractivity contribution >= 4 is 35.8 Å². The van der Waals surface area contributed by atoms with Crippen molar-refractivity contribution in [2.75, 3.05) is 26.2 Å². The number of guanidine groups is 1. The predicted molar refractivity (Wildman–Crippen MR) is 123 cm³/mol. The maximum absolute atomic E-state index is 13.6. The first-order valence-electron chi connectivity index (χ1n) is 9.31. The average molecular weight is 516 g/mol. The zero-order valence-corrected chi connectivity index (χ0v) is 18.9. The van der Waals surface area contributed by atoms with Crippen molar-refractivity contribution < 1.29 is 13.6 Å². The number of hydrogen-bond acceptors (Lipinski definition) is 2. The zero-order valence-electron chi connectivity index (χ0n) is 16.6. The summed E-state index contributed by atoms with van der Waals surface area (Å²) in [6.45, 7) is 5.85. The molecule has 0 fully saturated rings. The highest BCUT2D eigenvalue weighted by molar-refractivity contribution is 14.0. The van der Waals surface area contributed by atoms with Crippen molar-refractivity contribution in [1.82, 2.24) is 16.0 Å². The molecule has 2 aromatic rings. The Labute approximate surface area is 187 Å². The van der Waals surface area contributed by atoms with Gasteiger partial charge in [-0.2, -0.15) is 0 Å². The number of nitrogens with zero attached hydrogens (tertiary/aromatic N) is 1. The van der Waals surface area contributed by atoms with Gasteiger partial charge in [-0.05, 0) is 55.7 Å². The summed E-state index contributed by atoms with van der Waals surface area (Å²) in [5.74, 6) is -0.604. The summed E-state index contributed by atoms with van der Waals surface area (Å²) in [5, 5.41) is 8.92. The fraction of sp³-hybridized carbons (Fsp3) is 0.333. The van der Waals surface area contributed by atoms with Crippen LogP contribution in [0.1, 0.15) is 28.4 Å². The van der Waals surface area contributed by atoms with Gasteiger partial charge in [0, 0.05) is 26.2 Å². The second-order valence-electron chi connectivity index (χ2n) is 6.24. The lowest BCUT2D eigenvalue weighted by atomic mass is 10.1. The maximum atomic E-state index is 13.6. The standard InChI is InChI=1S/C21H26F2N4O.HI/c1-3-24-21(26-11-10-16-8-9-17(22)14-15(16)2)27-13-12-25-20(28)18-6-4-5-7-19(18)23;/h4-9,14H,3,10-13H2,1-2H3,(H,25,28)(H2,24,26,27);1H. The van der Waals surface area contributed by atoms with E-state index in [0.29, 0.717) is 38.6 Å². The highest BCUT2D eigenvalue weighted by Crippen LogP contribution is 2.10. The Hall–Kier alpha value is -2.23. The van der Waals surface area contributed by atoms with Gasteiger partial charge in [0.1, 0.15) is 11.6 Å². The molecule has 0 radical (unpaired) electrons. The minimum Gasteiger partial charge on any atom is -0.357 e. The van der Waals surface area contributed by atoms with Crippen LogP contribution in [0.25, 0.3) is 0 Å². The summed E-state index contributed by atoms with van der Waals surface area (Å²) >= 11 is 0. The molecule has 0 unspecified atom stereocenters. The number of halogens is 3. The van der Waals surface area contributed by atoms with Gasteiger partial charge in [-0.15, -0.1) is 24.0 Å². The number of aryl methyl sites for hydroxylation is 1. The van der Waals surface area contributed by atoms with Crippen LogP contribution >= 0.6 is 24.0 Å². The largest absolute Gasteiger partial charge is 0.357 e. The van der Waals surface area contributed by atoms with Gasteiger partial charge in [-0.3, -0.25) is 9.79 Å². The Balaban J connectivity index is 0.00000420. The summed E-state index contributed by atoms with van der Waals surface area (Å²) in [7, 11) is 0. The zero-order chi connectivity index (χ0) is 20.4. The SMILES string of the molecule is CCNC(=NCCc1ccc(F)cc1C)NCCNC(=O)c1ccccc1F.I. The Bertz CT molecular complexity index is 830. The Morgan fingerprint density at radius 2 is 1.76 bits per heavy atom. The number of aliphatic imine (C=N–C) groups is 1. The molecular weight excluding hydrogens is 489 g/mol. The van der Waals surface area contributed by atoms with E-state index in [1.807, 2.05) is 13.8 Å². The van der Waals surface area contributed by atoms with Gasteiger partial charge < -0.3 is 16.0 Å². The molecule has 0 saturated carbocycles. The number of nitrogens with one attached hydrogen (secondary N) is 3. The highest BCUT2D eigenvalue weighted by Gasteiger charge is 2.09. The molecule has 0 bridgehead atoms.